The van der Waals surface area contributed by atoms with Gasteiger partial charge in [-0.2, -0.15) is 0 Å². The van der Waals surface area contributed by atoms with Gasteiger partial charge < -0.3 is 4.74 Å². The third kappa shape index (κ3) is 1.92. The zero-order valence-corrected chi connectivity index (χ0v) is 13.9. The fraction of sp³-hybridized carbons (Fsp3) is 0.450. The molecule has 0 N–H and O–H groups in total. The van der Waals surface area contributed by atoms with Gasteiger partial charge in [-0.25, -0.2) is 9.69 Å². The molecule has 2 saturated carbocycles. The van der Waals surface area contributed by atoms with Crippen molar-refractivity contribution in [2.45, 2.75) is 13.3 Å². The molecule has 0 unspecified atom stereocenters. The maximum atomic E-state index is 13.1. The normalized spacial score (nSPS) is 37.1. The molecule has 3 fully saturated rings. The number of anilines is 1. The lowest BCUT2D eigenvalue weighted by atomic mass is 9.63. The number of amides is 2. The molecule has 5 heteroatoms. The van der Waals surface area contributed by atoms with Gasteiger partial charge in [0.15, 0.2) is 0 Å². The van der Waals surface area contributed by atoms with Crippen molar-refractivity contribution in [3.05, 3.63) is 42.0 Å². The molecule has 6 atom stereocenters. The first-order chi connectivity index (χ1) is 12.1. The van der Waals surface area contributed by atoms with E-state index in [0.717, 1.165) is 6.42 Å². The van der Waals surface area contributed by atoms with E-state index in [4.69, 9.17) is 4.74 Å². The SMILES string of the molecule is CCOC(=O)c1cccc(N2C(=O)[C@@H]3[C@@H]4C=C[C@H]([C@H]5C[C@@H]45)[C@@H]3C2=O)c1. The van der Waals surface area contributed by atoms with Crippen molar-refractivity contribution < 1.29 is 19.1 Å². The second-order valence-corrected chi connectivity index (χ2v) is 7.44. The minimum Gasteiger partial charge on any atom is -0.462 e. The molecule has 6 rings (SSSR count). The molecule has 1 heterocycles. The lowest BCUT2D eigenvalue weighted by molar-refractivity contribution is -0.124. The highest BCUT2D eigenvalue weighted by molar-refractivity contribution is 6.22. The van der Waals surface area contributed by atoms with Crippen LogP contribution in [0.4, 0.5) is 5.69 Å². The summed E-state index contributed by atoms with van der Waals surface area (Å²) in [5.41, 5.74) is 0.835. The summed E-state index contributed by atoms with van der Waals surface area (Å²) in [6.45, 7) is 2.03. The Morgan fingerprint density at radius 1 is 1.12 bits per heavy atom. The highest BCUT2D eigenvalue weighted by Gasteiger charge is 2.67. The van der Waals surface area contributed by atoms with Crippen LogP contribution in [0.2, 0.25) is 0 Å². The molecule has 1 aliphatic heterocycles. The van der Waals surface area contributed by atoms with Gasteiger partial charge in [0.25, 0.3) is 0 Å². The van der Waals surface area contributed by atoms with Crippen LogP contribution in [0.3, 0.4) is 0 Å². The van der Waals surface area contributed by atoms with Crippen LogP contribution in [0.25, 0.3) is 0 Å². The highest BCUT2D eigenvalue weighted by atomic mass is 16.5. The molecule has 0 spiro atoms. The molecule has 0 radical (unpaired) electrons. The smallest absolute Gasteiger partial charge is 0.338 e. The van der Waals surface area contributed by atoms with Crippen LogP contribution < -0.4 is 4.90 Å². The van der Waals surface area contributed by atoms with Crippen molar-refractivity contribution in [1.29, 1.82) is 0 Å². The maximum Gasteiger partial charge on any atom is 0.338 e. The minimum atomic E-state index is -0.441. The van der Waals surface area contributed by atoms with E-state index < -0.39 is 5.97 Å². The van der Waals surface area contributed by atoms with E-state index >= 15 is 0 Å². The molecule has 0 aromatic heterocycles. The number of nitrogens with zero attached hydrogens (tertiary/aromatic N) is 1. The number of ether oxygens (including phenoxy) is 1. The number of carbonyl (C=O) groups is 3. The summed E-state index contributed by atoms with van der Waals surface area (Å²) in [7, 11) is 0. The number of esters is 1. The number of rotatable bonds is 3. The summed E-state index contributed by atoms with van der Waals surface area (Å²) in [6.07, 6.45) is 5.46. The average molecular weight is 337 g/mol. The van der Waals surface area contributed by atoms with Crippen molar-refractivity contribution in [2.75, 3.05) is 11.5 Å². The zero-order chi connectivity index (χ0) is 17.3. The lowest BCUT2D eigenvalue weighted by Gasteiger charge is -2.37. The van der Waals surface area contributed by atoms with E-state index in [1.54, 1.807) is 31.2 Å². The van der Waals surface area contributed by atoms with Crippen molar-refractivity contribution in [1.82, 2.24) is 0 Å². The Hall–Kier alpha value is -2.43. The third-order valence-electron chi connectivity index (χ3n) is 6.28. The Morgan fingerprint density at radius 2 is 1.76 bits per heavy atom. The summed E-state index contributed by atoms with van der Waals surface area (Å²) in [4.78, 5) is 39.4. The molecule has 2 bridgehead atoms. The van der Waals surface area contributed by atoms with E-state index in [-0.39, 0.29) is 42.1 Å². The van der Waals surface area contributed by atoms with Crippen molar-refractivity contribution in [3.8, 4) is 0 Å². The first-order valence-corrected chi connectivity index (χ1v) is 8.95. The molecule has 1 aromatic carbocycles. The average Bonchev–Trinajstić information content (AvgIpc) is 3.39. The molecule has 1 aromatic rings. The van der Waals surface area contributed by atoms with Crippen molar-refractivity contribution >= 4 is 23.5 Å². The van der Waals surface area contributed by atoms with Gasteiger partial charge in [0.05, 0.1) is 29.7 Å². The number of carbonyl (C=O) groups excluding carboxylic acids is 3. The first kappa shape index (κ1) is 14.9. The topological polar surface area (TPSA) is 63.7 Å². The molecule has 5 aliphatic rings. The minimum absolute atomic E-state index is 0.110. The Bertz CT molecular complexity index is 793. The fourth-order valence-corrected chi connectivity index (χ4v) is 5.20. The lowest BCUT2D eigenvalue weighted by Crippen LogP contribution is -2.40. The van der Waals surface area contributed by atoms with Crippen molar-refractivity contribution in [3.63, 3.8) is 0 Å². The standard InChI is InChI=1S/C20H19NO4/c1-2-25-20(24)10-4-3-5-11(8-10)21-18(22)16-12-6-7-13(15-9-14(12)15)17(16)19(21)23/h3-8,12-17H,2,9H2,1H3/t12-,13-,14-,15+,16+,17-/m1/s1. The Labute approximate surface area is 145 Å². The number of hydrogen-bond donors (Lipinski definition) is 0. The number of allylic oxidation sites excluding steroid dienone is 2. The second-order valence-electron chi connectivity index (χ2n) is 7.44. The number of benzene rings is 1. The van der Waals surface area contributed by atoms with Gasteiger partial charge in [0.2, 0.25) is 11.8 Å². The summed E-state index contributed by atoms with van der Waals surface area (Å²) in [5, 5.41) is 0. The Balaban J connectivity index is 1.50. The van der Waals surface area contributed by atoms with Crippen molar-refractivity contribution in [2.24, 2.45) is 35.5 Å². The molecule has 25 heavy (non-hydrogen) atoms. The van der Waals surface area contributed by atoms with Gasteiger partial charge >= 0.3 is 5.97 Å². The molecule has 4 aliphatic carbocycles. The van der Waals surface area contributed by atoms with Gasteiger partial charge in [-0.15, -0.1) is 0 Å². The van der Waals surface area contributed by atoms with E-state index in [1.165, 1.54) is 4.90 Å². The molecule has 128 valence electrons. The summed E-state index contributed by atoms with van der Waals surface area (Å²) in [5.74, 6) is 0.460. The van der Waals surface area contributed by atoms with Crippen LogP contribution in [0, 0.1) is 35.5 Å². The largest absolute Gasteiger partial charge is 0.462 e. The van der Waals surface area contributed by atoms with Gasteiger partial charge in [-0.1, -0.05) is 18.2 Å². The van der Waals surface area contributed by atoms with Crippen LogP contribution in [0.15, 0.2) is 36.4 Å². The third-order valence-corrected chi connectivity index (χ3v) is 6.28. The van der Waals surface area contributed by atoms with Crippen LogP contribution in [0.5, 0.6) is 0 Å². The molecule has 5 nitrogen and oxygen atoms in total. The summed E-state index contributed by atoms with van der Waals surface area (Å²) < 4.78 is 5.02. The monoisotopic (exact) mass is 337 g/mol. The Kier molecular flexibility index (Phi) is 3.00. The summed E-state index contributed by atoms with van der Waals surface area (Å²) >= 11 is 0. The van der Waals surface area contributed by atoms with Crippen LogP contribution in [-0.4, -0.2) is 24.4 Å². The van der Waals surface area contributed by atoms with E-state index in [1.807, 2.05) is 0 Å². The molecular weight excluding hydrogens is 318 g/mol. The number of hydrogen-bond acceptors (Lipinski definition) is 4. The van der Waals surface area contributed by atoms with Gasteiger partial charge in [-0.3, -0.25) is 9.59 Å². The molecular formula is C20H19NO4. The fourth-order valence-electron chi connectivity index (χ4n) is 5.20. The highest BCUT2D eigenvalue weighted by Crippen LogP contribution is 2.65. The molecule has 1 saturated heterocycles. The van der Waals surface area contributed by atoms with E-state index in [0.29, 0.717) is 23.1 Å². The van der Waals surface area contributed by atoms with Gasteiger partial charge in [0, 0.05) is 0 Å². The Morgan fingerprint density at radius 3 is 2.36 bits per heavy atom. The van der Waals surface area contributed by atoms with Crippen LogP contribution >= 0.6 is 0 Å². The number of imide groups is 1. The first-order valence-electron chi connectivity index (χ1n) is 8.95. The maximum absolute atomic E-state index is 13.1. The van der Waals surface area contributed by atoms with E-state index in [9.17, 15) is 14.4 Å². The summed E-state index contributed by atoms with van der Waals surface area (Å²) in [6, 6.07) is 6.63. The quantitative estimate of drug-likeness (QED) is 0.483. The van der Waals surface area contributed by atoms with Gasteiger partial charge in [0.1, 0.15) is 0 Å². The second kappa shape index (κ2) is 5.04. The van der Waals surface area contributed by atoms with E-state index in [2.05, 4.69) is 12.2 Å². The zero-order valence-electron chi connectivity index (χ0n) is 13.9. The predicted octanol–water partition coefficient (Wildman–Crippen LogP) is 2.42. The predicted molar refractivity (Wildman–Crippen MR) is 89.6 cm³/mol. The van der Waals surface area contributed by atoms with Crippen LogP contribution in [-0.2, 0) is 14.3 Å². The van der Waals surface area contributed by atoms with Crippen LogP contribution in [0.1, 0.15) is 23.7 Å². The van der Waals surface area contributed by atoms with Gasteiger partial charge in [-0.05, 0) is 55.2 Å². The molecule has 2 amide bonds.